The average molecular weight is 427 g/mol. The fraction of sp³-hybridized carbons (Fsp3) is 0.318. The summed E-state index contributed by atoms with van der Waals surface area (Å²) in [5, 5.41) is 10.8. The van der Waals surface area contributed by atoms with E-state index in [1.54, 1.807) is 22.8 Å². The standard InChI is InChI=1S/C22H23F2N5O2/c1-28(12-21(31)27-20-9-22(20,23)24)11-14-4-3-5-18(17(14)13-30)26-16-6-7-19-15(8-16)10-25-29(19)2/h3-8,10,13,20,26H,9,11-12H2,1-2H3,(H,27,31). The Hall–Kier alpha value is -3.33. The largest absolute Gasteiger partial charge is 0.355 e. The summed E-state index contributed by atoms with van der Waals surface area (Å²) in [7, 11) is 3.58. The first-order chi connectivity index (χ1) is 14.8. The maximum atomic E-state index is 13.0. The fourth-order valence-corrected chi connectivity index (χ4v) is 3.60. The molecule has 3 aromatic rings. The molecule has 0 saturated heterocycles. The topological polar surface area (TPSA) is 79.3 Å². The van der Waals surface area contributed by atoms with Gasteiger partial charge in [-0.2, -0.15) is 5.10 Å². The second-order valence-corrected chi connectivity index (χ2v) is 7.92. The van der Waals surface area contributed by atoms with Crippen LogP contribution in [0.3, 0.4) is 0 Å². The summed E-state index contributed by atoms with van der Waals surface area (Å²) >= 11 is 0. The van der Waals surface area contributed by atoms with Crippen LogP contribution in [0, 0.1) is 0 Å². The van der Waals surface area contributed by atoms with Crippen molar-refractivity contribution in [1.29, 1.82) is 0 Å². The molecule has 1 aliphatic rings. The molecule has 1 fully saturated rings. The van der Waals surface area contributed by atoms with Gasteiger partial charge in [-0.05, 0) is 36.9 Å². The third-order valence-electron chi connectivity index (χ3n) is 5.35. The number of carbonyl (C=O) groups is 2. The highest BCUT2D eigenvalue weighted by molar-refractivity contribution is 5.90. The van der Waals surface area contributed by atoms with Crippen molar-refractivity contribution in [2.75, 3.05) is 18.9 Å². The summed E-state index contributed by atoms with van der Waals surface area (Å²) < 4.78 is 27.7. The molecule has 1 saturated carbocycles. The smallest absolute Gasteiger partial charge is 0.270 e. The number of hydrogen-bond donors (Lipinski definition) is 2. The van der Waals surface area contributed by atoms with Crippen LogP contribution < -0.4 is 10.6 Å². The van der Waals surface area contributed by atoms with Crippen LogP contribution in [0.1, 0.15) is 22.3 Å². The van der Waals surface area contributed by atoms with Gasteiger partial charge in [0.25, 0.3) is 5.92 Å². The third kappa shape index (κ3) is 4.56. The number of carbonyl (C=O) groups excluding carboxylic acids is 2. The molecule has 162 valence electrons. The van der Waals surface area contributed by atoms with E-state index in [4.69, 9.17) is 0 Å². The number of amides is 1. The van der Waals surface area contributed by atoms with Crippen molar-refractivity contribution < 1.29 is 18.4 Å². The number of hydrogen-bond acceptors (Lipinski definition) is 5. The van der Waals surface area contributed by atoms with Gasteiger partial charge in [0.05, 0.1) is 24.3 Å². The minimum atomic E-state index is -2.79. The quantitative estimate of drug-likeness (QED) is 0.540. The Kier molecular flexibility index (Phi) is 5.45. The molecular formula is C22H23F2N5O2. The van der Waals surface area contributed by atoms with E-state index in [-0.39, 0.29) is 13.0 Å². The summed E-state index contributed by atoms with van der Waals surface area (Å²) in [6, 6.07) is 10.2. The highest BCUT2D eigenvalue weighted by Gasteiger charge is 2.57. The molecule has 1 atom stereocenters. The molecule has 1 amide bonds. The zero-order valence-electron chi connectivity index (χ0n) is 17.2. The lowest BCUT2D eigenvalue weighted by molar-refractivity contribution is -0.122. The highest BCUT2D eigenvalue weighted by atomic mass is 19.3. The molecule has 1 aliphatic carbocycles. The first kappa shape index (κ1) is 20.9. The van der Waals surface area contributed by atoms with Gasteiger partial charge in [0.1, 0.15) is 0 Å². The Bertz CT molecular complexity index is 1140. The van der Waals surface area contributed by atoms with Crippen molar-refractivity contribution in [2.45, 2.75) is 24.9 Å². The number of anilines is 2. The van der Waals surface area contributed by atoms with Crippen molar-refractivity contribution >= 4 is 34.5 Å². The summed E-state index contributed by atoms with van der Waals surface area (Å²) in [5.41, 5.74) is 3.67. The number of aryl methyl sites for hydroxylation is 1. The average Bonchev–Trinajstić information content (AvgIpc) is 3.13. The van der Waals surface area contributed by atoms with Crippen LogP contribution in [0.15, 0.2) is 42.6 Å². The minimum absolute atomic E-state index is 0.0415. The van der Waals surface area contributed by atoms with E-state index < -0.39 is 17.9 Å². The van der Waals surface area contributed by atoms with E-state index in [0.717, 1.165) is 28.4 Å². The predicted molar refractivity (Wildman–Crippen MR) is 114 cm³/mol. The zero-order chi connectivity index (χ0) is 22.2. The number of benzene rings is 2. The molecule has 2 aromatic carbocycles. The van der Waals surface area contributed by atoms with Crippen molar-refractivity contribution in [3.63, 3.8) is 0 Å². The van der Waals surface area contributed by atoms with Gasteiger partial charge in [-0.1, -0.05) is 12.1 Å². The van der Waals surface area contributed by atoms with Crippen LogP contribution in [0.4, 0.5) is 20.2 Å². The van der Waals surface area contributed by atoms with E-state index in [2.05, 4.69) is 15.7 Å². The lowest BCUT2D eigenvalue weighted by atomic mass is 10.1. The zero-order valence-corrected chi connectivity index (χ0v) is 17.2. The molecule has 7 nitrogen and oxygen atoms in total. The predicted octanol–water partition coefficient (Wildman–Crippen LogP) is 3.09. The summed E-state index contributed by atoms with van der Waals surface area (Å²) in [5.74, 6) is -3.26. The molecule has 1 unspecified atom stereocenters. The molecule has 2 N–H and O–H groups in total. The molecule has 0 aliphatic heterocycles. The lowest BCUT2D eigenvalue weighted by Gasteiger charge is -2.19. The van der Waals surface area contributed by atoms with Crippen molar-refractivity contribution in [3.8, 4) is 0 Å². The monoisotopic (exact) mass is 427 g/mol. The van der Waals surface area contributed by atoms with Crippen LogP contribution in [-0.2, 0) is 18.4 Å². The van der Waals surface area contributed by atoms with E-state index in [1.807, 2.05) is 43.4 Å². The first-order valence-corrected chi connectivity index (χ1v) is 9.88. The highest BCUT2D eigenvalue weighted by Crippen LogP contribution is 2.41. The molecule has 31 heavy (non-hydrogen) atoms. The van der Waals surface area contributed by atoms with Gasteiger partial charge in [0.15, 0.2) is 6.29 Å². The van der Waals surface area contributed by atoms with E-state index >= 15 is 0 Å². The second kappa shape index (κ2) is 8.07. The van der Waals surface area contributed by atoms with Crippen LogP contribution in [0.25, 0.3) is 10.9 Å². The number of alkyl halides is 2. The molecular weight excluding hydrogens is 404 g/mol. The number of rotatable bonds is 8. The molecule has 1 heterocycles. The fourth-order valence-electron chi connectivity index (χ4n) is 3.60. The summed E-state index contributed by atoms with van der Waals surface area (Å²) in [4.78, 5) is 25.5. The SMILES string of the molecule is CN(CC(=O)NC1CC1(F)F)Cc1cccc(Nc2ccc3c(cnn3C)c2)c1C=O. The van der Waals surface area contributed by atoms with Crippen molar-refractivity contribution in [3.05, 3.63) is 53.7 Å². The van der Waals surface area contributed by atoms with E-state index in [0.29, 0.717) is 17.8 Å². The Balaban J connectivity index is 1.45. The van der Waals surface area contributed by atoms with Crippen LogP contribution in [0.2, 0.25) is 0 Å². The molecule has 1 aromatic heterocycles. The van der Waals surface area contributed by atoms with Gasteiger partial charge in [-0.15, -0.1) is 0 Å². The first-order valence-electron chi connectivity index (χ1n) is 9.88. The number of aromatic nitrogens is 2. The summed E-state index contributed by atoms with van der Waals surface area (Å²) in [6.45, 7) is 0.278. The number of likely N-dealkylation sites (N-methyl/N-ethyl adjacent to an activating group) is 1. The van der Waals surface area contributed by atoms with Gasteiger partial charge in [-0.3, -0.25) is 19.2 Å². The Labute approximate surface area is 178 Å². The Morgan fingerprint density at radius 3 is 2.84 bits per heavy atom. The Morgan fingerprint density at radius 2 is 2.13 bits per heavy atom. The number of halogens is 2. The van der Waals surface area contributed by atoms with Gasteiger partial charge < -0.3 is 10.6 Å². The normalized spacial score (nSPS) is 17.0. The molecule has 4 rings (SSSR count). The Morgan fingerprint density at radius 1 is 1.35 bits per heavy atom. The lowest BCUT2D eigenvalue weighted by Crippen LogP contribution is -2.37. The van der Waals surface area contributed by atoms with Crippen molar-refractivity contribution in [2.24, 2.45) is 7.05 Å². The van der Waals surface area contributed by atoms with Gasteiger partial charge in [0.2, 0.25) is 5.91 Å². The van der Waals surface area contributed by atoms with E-state index in [1.165, 1.54) is 0 Å². The van der Waals surface area contributed by atoms with Gasteiger partial charge >= 0.3 is 0 Å². The number of fused-ring (bicyclic) bond motifs is 1. The third-order valence-corrected chi connectivity index (χ3v) is 5.35. The minimum Gasteiger partial charge on any atom is -0.355 e. The summed E-state index contributed by atoms with van der Waals surface area (Å²) in [6.07, 6.45) is 2.24. The second-order valence-electron chi connectivity index (χ2n) is 7.92. The maximum Gasteiger partial charge on any atom is 0.270 e. The van der Waals surface area contributed by atoms with Crippen LogP contribution in [0.5, 0.6) is 0 Å². The van der Waals surface area contributed by atoms with Crippen LogP contribution in [-0.4, -0.2) is 52.4 Å². The molecule has 0 spiro atoms. The maximum absolute atomic E-state index is 13.0. The number of aldehydes is 1. The number of nitrogens with one attached hydrogen (secondary N) is 2. The molecule has 9 heteroatoms. The van der Waals surface area contributed by atoms with Crippen molar-refractivity contribution in [1.82, 2.24) is 20.0 Å². The van der Waals surface area contributed by atoms with Gasteiger partial charge in [-0.25, -0.2) is 8.78 Å². The molecule has 0 bridgehead atoms. The van der Waals surface area contributed by atoms with Crippen LogP contribution >= 0.6 is 0 Å². The van der Waals surface area contributed by atoms with Gasteiger partial charge in [0, 0.05) is 42.3 Å². The molecule has 0 radical (unpaired) electrons. The van der Waals surface area contributed by atoms with E-state index in [9.17, 15) is 18.4 Å². The number of nitrogens with zero attached hydrogens (tertiary/aromatic N) is 3.